The molecule has 20 heavy (non-hydrogen) atoms. The van der Waals surface area contributed by atoms with Gasteiger partial charge in [0, 0.05) is 25.5 Å². The highest BCUT2D eigenvalue weighted by molar-refractivity contribution is 7.09. The number of nitrogens with zero attached hydrogens (tertiary/aromatic N) is 2. The van der Waals surface area contributed by atoms with Crippen molar-refractivity contribution < 1.29 is 9.59 Å². The normalized spacial score (nSPS) is 12.2. The molecule has 0 fully saturated rings. The van der Waals surface area contributed by atoms with Crippen molar-refractivity contribution in [1.82, 2.24) is 15.1 Å². The molecule has 6 heteroatoms. The smallest absolute Gasteiger partial charge is 0.237 e. The summed E-state index contributed by atoms with van der Waals surface area (Å²) < 4.78 is 0. The van der Waals surface area contributed by atoms with E-state index >= 15 is 0 Å². The molecular weight excluding hydrogens is 274 g/mol. The number of amides is 2. The van der Waals surface area contributed by atoms with Crippen molar-refractivity contribution in [3.63, 3.8) is 0 Å². The molecule has 112 valence electrons. The number of hydrogen-bond acceptors (Lipinski definition) is 4. The van der Waals surface area contributed by atoms with E-state index in [2.05, 4.69) is 11.4 Å². The van der Waals surface area contributed by atoms with E-state index < -0.39 is 0 Å². The van der Waals surface area contributed by atoms with Gasteiger partial charge in [-0.25, -0.2) is 0 Å². The van der Waals surface area contributed by atoms with Crippen LogP contribution in [0, 0.1) is 0 Å². The Morgan fingerprint density at radius 3 is 2.60 bits per heavy atom. The molecule has 0 aliphatic heterocycles. The van der Waals surface area contributed by atoms with Gasteiger partial charge in [-0.15, -0.1) is 11.3 Å². The van der Waals surface area contributed by atoms with Crippen LogP contribution in [0.1, 0.15) is 11.8 Å². The molecule has 0 spiro atoms. The van der Waals surface area contributed by atoms with E-state index in [4.69, 9.17) is 0 Å². The predicted octanol–water partition coefficient (Wildman–Crippen LogP) is 0.815. The zero-order valence-electron chi connectivity index (χ0n) is 12.5. The quantitative estimate of drug-likeness (QED) is 0.810. The molecule has 0 radical (unpaired) electrons. The van der Waals surface area contributed by atoms with Crippen molar-refractivity contribution >= 4 is 23.2 Å². The SMILES string of the molecule is C[C@@H](C(=O)NCCc1cccs1)N(C)CC(=O)N(C)C. The topological polar surface area (TPSA) is 52.7 Å². The van der Waals surface area contributed by atoms with Crippen LogP contribution in [0.15, 0.2) is 17.5 Å². The van der Waals surface area contributed by atoms with E-state index in [-0.39, 0.29) is 24.4 Å². The van der Waals surface area contributed by atoms with Crippen LogP contribution in [-0.4, -0.2) is 61.9 Å². The minimum absolute atomic E-state index is 0.00858. The molecule has 0 saturated heterocycles. The number of likely N-dealkylation sites (N-methyl/N-ethyl adjacent to an activating group) is 2. The first-order valence-electron chi connectivity index (χ1n) is 6.62. The molecule has 5 nitrogen and oxygen atoms in total. The van der Waals surface area contributed by atoms with Crippen LogP contribution in [-0.2, 0) is 16.0 Å². The molecule has 0 unspecified atom stereocenters. The molecule has 0 bridgehead atoms. The first kappa shape index (κ1) is 16.7. The number of carbonyl (C=O) groups is 2. The Hall–Kier alpha value is -1.40. The highest BCUT2D eigenvalue weighted by Crippen LogP contribution is 2.08. The number of hydrogen-bond donors (Lipinski definition) is 1. The van der Waals surface area contributed by atoms with Crippen LogP contribution in [0.4, 0.5) is 0 Å². The van der Waals surface area contributed by atoms with Crippen LogP contribution in [0.5, 0.6) is 0 Å². The second-order valence-corrected chi connectivity index (χ2v) is 6.03. The third-order valence-corrected chi connectivity index (χ3v) is 4.11. The van der Waals surface area contributed by atoms with E-state index in [0.717, 1.165) is 6.42 Å². The van der Waals surface area contributed by atoms with Crippen molar-refractivity contribution in [3.05, 3.63) is 22.4 Å². The Morgan fingerprint density at radius 1 is 1.35 bits per heavy atom. The molecule has 1 heterocycles. The molecule has 2 amide bonds. The Morgan fingerprint density at radius 2 is 2.05 bits per heavy atom. The van der Waals surface area contributed by atoms with Gasteiger partial charge in [-0.1, -0.05) is 6.07 Å². The Kier molecular flexibility index (Phi) is 6.67. The fourth-order valence-corrected chi connectivity index (χ4v) is 2.31. The van der Waals surface area contributed by atoms with Crippen LogP contribution >= 0.6 is 11.3 Å². The molecule has 0 saturated carbocycles. The predicted molar refractivity (Wildman–Crippen MR) is 81.8 cm³/mol. The highest BCUT2D eigenvalue weighted by atomic mass is 32.1. The summed E-state index contributed by atoms with van der Waals surface area (Å²) in [4.78, 5) is 28.1. The summed E-state index contributed by atoms with van der Waals surface area (Å²) in [6.45, 7) is 2.68. The van der Waals surface area contributed by atoms with Crippen molar-refractivity contribution in [2.75, 3.05) is 34.2 Å². The van der Waals surface area contributed by atoms with E-state index in [1.807, 2.05) is 18.4 Å². The highest BCUT2D eigenvalue weighted by Gasteiger charge is 2.20. The summed E-state index contributed by atoms with van der Waals surface area (Å²) in [5.74, 6) is -0.0543. The van der Waals surface area contributed by atoms with Crippen molar-refractivity contribution in [3.8, 4) is 0 Å². The summed E-state index contributed by atoms with van der Waals surface area (Å²) in [5, 5.41) is 4.93. The Labute approximate surface area is 124 Å². The van der Waals surface area contributed by atoms with Crippen LogP contribution in [0.3, 0.4) is 0 Å². The molecule has 1 rings (SSSR count). The third kappa shape index (κ3) is 5.30. The molecular formula is C14H23N3O2S. The molecule has 1 aromatic heterocycles. The van der Waals surface area contributed by atoms with E-state index in [0.29, 0.717) is 6.54 Å². The van der Waals surface area contributed by atoms with Gasteiger partial charge in [-0.05, 0) is 31.8 Å². The lowest BCUT2D eigenvalue weighted by Gasteiger charge is -2.24. The monoisotopic (exact) mass is 297 g/mol. The lowest BCUT2D eigenvalue weighted by molar-refractivity contribution is -0.132. The van der Waals surface area contributed by atoms with E-state index in [1.165, 1.54) is 9.78 Å². The van der Waals surface area contributed by atoms with Gasteiger partial charge in [0.1, 0.15) is 0 Å². The number of nitrogens with one attached hydrogen (secondary N) is 1. The summed E-state index contributed by atoms with van der Waals surface area (Å²) >= 11 is 1.69. The molecule has 0 aliphatic rings. The molecule has 0 aliphatic carbocycles. The maximum Gasteiger partial charge on any atom is 0.237 e. The van der Waals surface area contributed by atoms with Gasteiger partial charge in [0.15, 0.2) is 0 Å². The van der Waals surface area contributed by atoms with E-state index in [9.17, 15) is 9.59 Å². The van der Waals surface area contributed by atoms with Gasteiger partial charge >= 0.3 is 0 Å². The van der Waals surface area contributed by atoms with Gasteiger partial charge in [0.25, 0.3) is 0 Å². The molecule has 1 atom stereocenters. The number of thiophene rings is 1. The average molecular weight is 297 g/mol. The van der Waals surface area contributed by atoms with Crippen molar-refractivity contribution in [2.24, 2.45) is 0 Å². The van der Waals surface area contributed by atoms with Crippen molar-refractivity contribution in [1.29, 1.82) is 0 Å². The van der Waals surface area contributed by atoms with Crippen molar-refractivity contribution in [2.45, 2.75) is 19.4 Å². The third-order valence-electron chi connectivity index (χ3n) is 3.17. The minimum atomic E-state index is -0.317. The zero-order chi connectivity index (χ0) is 15.1. The van der Waals surface area contributed by atoms with Gasteiger partial charge in [0.2, 0.25) is 11.8 Å². The lowest BCUT2D eigenvalue weighted by Crippen LogP contribution is -2.47. The van der Waals surface area contributed by atoms with Gasteiger partial charge in [0.05, 0.1) is 12.6 Å². The Bertz CT molecular complexity index is 432. The second kappa shape index (κ2) is 8.01. The van der Waals surface area contributed by atoms with Gasteiger partial charge in [-0.3, -0.25) is 14.5 Å². The standard InChI is InChI=1S/C14H23N3O2S/c1-11(17(4)10-13(18)16(2)3)14(19)15-8-7-12-6-5-9-20-12/h5-6,9,11H,7-8,10H2,1-4H3,(H,15,19)/t11-/m0/s1. The van der Waals surface area contributed by atoms with Gasteiger partial charge < -0.3 is 10.2 Å². The second-order valence-electron chi connectivity index (χ2n) is 5.00. The van der Waals surface area contributed by atoms with Crippen LogP contribution < -0.4 is 5.32 Å². The zero-order valence-corrected chi connectivity index (χ0v) is 13.4. The summed E-state index contributed by atoms with van der Waals surface area (Å²) in [5.41, 5.74) is 0. The fourth-order valence-electron chi connectivity index (χ4n) is 1.60. The number of carbonyl (C=O) groups excluding carboxylic acids is 2. The van der Waals surface area contributed by atoms with Gasteiger partial charge in [-0.2, -0.15) is 0 Å². The summed E-state index contributed by atoms with van der Waals surface area (Å²) in [6, 6.07) is 3.75. The maximum atomic E-state index is 12.0. The van der Waals surface area contributed by atoms with E-state index in [1.54, 1.807) is 37.4 Å². The molecule has 0 aromatic carbocycles. The largest absolute Gasteiger partial charge is 0.354 e. The first-order chi connectivity index (χ1) is 9.41. The summed E-state index contributed by atoms with van der Waals surface area (Å²) in [6.07, 6.45) is 0.844. The Balaban J connectivity index is 2.32. The molecule has 1 aromatic rings. The average Bonchev–Trinajstić information content (AvgIpc) is 2.90. The summed E-state index contributed by atoms with van der Waals surface area (Å²) in [7, 11) is 5.20. The lowest BCUT2D eigenvalue weighted by atomic mass is 10.2. The fraction of sp³-hybridized carbons (Fsp3) is 0.571. The first-order valence-corrected chi connectivity index (χ1v) is 7.50. The molecule has 1 N–H and O–H groups in total. The minimum Gasteiger partial charge on any atom is -0.354 e. The maximum absolute atomic E-state index is 12.0. The van der Waals surface area contributed by atoms with Crippen LogP contribution in [0.2, 0.25) is 0 Å². The van der Waals surface area contributed by atoms with Crippen LogP contribution in [0.25, 0.3) is 0 Å². The number of rotatable bonds is 7.